The van der Waals surface area contributed by atoms with Gasteiger partial charge in [-0.05, 0) is 12.1 Å². The lowest BCUT2D eigenvalue weighted by atomic mass is 10.0. The summed E-state index contributed by atoms with van der Waals surface area (Å²) in [6.45, 7) is 0. The van der Waals surface area contributed by atoms with Gasteiger partial charge in [0.2, 0.25) is 0 Å². The van der Waals surface area contributed by atoms with Gasteiger partial charge in [0.15, 0.2) is 0 Å². The summed E-state index contributed by atoms with van der Waals surface area (Å²) in [6, 6.07) is 4.48. The van der Waals surface area contributed by atoms with Crippen molar-refractivity contribution in [1.29, 1.82) is 10.5 Å². The van der Waals surface area contributed by atoms with Crippen molar-refractivity contribution < 1.29 is 13.2 Å². The van der Waals surface area contributed by atoms with Crippen molar-refractivity contribution in [3.05, 3.63) is 33.8 Å². The van der Waals surface area contributed by atoms with Crippen LogP contribution in [0.2, 0.25) is 5.02 Å². The summed E-state index contributed by atoms with van der Waals surface area (Å²) in [5.74, 6) is 0. The number of rotatable bonds is 0. The quantitative estimate of drug-likeness (QED) is 0.688. The third-order valence-corrected chi connectivity index (χ3v) is 1.85. The number of nitriles is 2. The van der Waals surface area contributed by atoms with E-state index in [0.717, 1.165) is 12.1 Å². The largest absolute Gasteiger partial charge is 0.418 e. The van der Waals surface area contributed by atoms with Gasteiger partial charge in [-0.15, -0.1) is 0 Å². The van der Waals surface area contributed by atoms with Crippen LogP contribution in [0.15, 0.2) is 12.1 Å². The van der Waals surface area contributed by atoms with Gasteiger partial charge in [-0.3, -0.25) is 0 Å². The monoisotopic (exact) mass is 230 g/mol. The summed E-state index contributed by atoms with van der Waals surface area (Å²) in [6.07, 6.45) is -4.74. The van der Waals surface area contributed by atoms with Crippen molar-refractivity contribution in [2.24, 2.45) is 0 Å². The fourth-order valence-corrected chi connectivity index (χ4v) is 1.31. The molecule has 0 heterocycles. The van der Waals surface area contributed by atoms with Crippen molar-refractivity contribution in [2.45, 2.75) is 6.18 Å². The molecule has 0 spiro atoms. The summed E-state index contributed by atoms with van der Waals surface area (Å²) >= 11 is 5.46. The van der Waals surface area contributed by atoms with E-state index in [4.69, 9.17) is 22.1 Å². The Morgan fingerprint density at radius 2 is 1.47 bits per heavy atom. The summed E-state index contributed by atoms with van der Waals surface area (Å²) in [7, 11) is 0. The molecule has 0 aliphatic heterocycles. The second kappa shape index (κ2) is 3.80. The predicted octanol–water partition coefficient (Wildman–Crippen LogP) is 3.10. The highest BCUT2D eigenvalue weighted by atomic mass is 35.5. The summed E-state index contributed by atoms with van der Waals surface area (Å²) in [5, 5.41) is 16.9. The minimum atomic E-state index is -4.74. The van der Waals surface area contributed by atoms with Crippen LogP contribution in [0.25, 0.3) is 0 Å². The van der Waals surface area contributed by atoms with Crippen molar-refractivity contribution >= 4 is 11.6 Å². The van der Waals surface area contributed by atoms with Crippen LogP contribution in [0, 0.1) is 22.7 Å². The molecular weight excluding hydrogens is 229 g/mol. The molecule has 2 nitrogen and oxygen atoms in total. The number of hydrogen-bond donors (Lipinski definition) is 0. The highest BCUT2D eigenvalue weighted by molar-refractivity contribution is 6.30. The predicted molar refractivity (Wildman–Crippen MR) is 45.9 cm³/mol. The number of hydrogen-bond acceptors (Lipinski definition) is 2. The molecule has 0 radical (unpaired) electrons. The van der Waals surface area contributed by atoms with Crippen molar-refractivity contribution in [2.75, 3.05) is 0 Å². The first-order valence-corrected chi connectivity index (χ1v) is 3.99. The molecule has 0 fully saturated rings. The van der Waals surface area contributed by atoms with E-state index in [2.05, 4.69) is 0 Å². The zero-order valence-electron chi connectivity index (χ0n) is 7.06. The topological polar surface area (TPSA) is 47.6 Å². The standard InChI is InChI=1S/C9H2ClF3N2/c10-7-1-5(3-14)8(9(11,12)13)6(2-7)4-15/h1-2H. The van der Waals surface area contributed by atoms with Crippen LogP contribution in [0.4, 0.5) is 13.2 Å². The smallest absolute Gasteiger partial charge is 0.192 e. The fourth-order valence-electron chi connectivity index (χ4n) is 1.09. The minimum absolute atomic E-state index is 0.0731. The number of halogens is 4. The van der Waals surface area contributed by atoms with E-state index in [1.165, 1.54) is 12.1 Å². The molecule has 0 atom stereocenters. The Bertz CT molecular complexity index is 445. The Kier molecular flexibility index (Phi) is 2.88. The summed E-state index contributed by atoms with van der Waals surface area (Å²) in [5.41, 5.74) is -2.53. The van der Waals surface area contributed by atoms with Gasteiger partial charge in [-0.25, -0.2) is 0 Å². The lowest BCUT2D eigenvalue weighted by Crippen LogP contribution is -2.10. The van der Waals surface area contributed by atoms with Gasteiger partial charge >= 0.3 is 6.18 Å². The van der Waals surface area contributed by atoms with E-state index in [1.807, 2.05) is 0 Å². The Morgan fingerprint density at radius 3 is 1.73 bits per heavy atom. The van der Waals surface area contributed by atoms with E-state index in [-0.39, 0.29) is 5.02 Å². The second-order valence-electron chi connectivity index (χ2n) is 2.60. The second-order valence-corrected chi connectivity index (χ2v) is 3.03. The van der Waals surface area contributed by atoms with E-state index < -0.39 is 22.9 Å². The average molecular weight is 231 g/mol. The van der Waals surface area contributed by atoms with Crippen LogP contribution in [-0.4, -0.2) is 0 Å². The molecule has 1 aromatic carbocycles. The van der Waals surface area contributed by atoms with E-state index in [9.17, 15) is 13.2 Å². The van der Waals surface area contributed by atoms with Crippen molar-refractivity contribution in [3.8, 4) is 12.1 Å². The number of benzene rings is 1. The summed E-state index contributed by atoms with van der Waals surface area (Å²) < 4.78 is 37.4. The maximum Gasteiger partial charge on any atom is 0.418 e. The molecule has 0 unspecified atom stereocenters. The first kappa shape index (κ1) is 11.4. The van der Waals surface area contributed by atoms with Gasteiger partial charge in [0.1, 0.15) is 0 Å². The number of nitrogens with zero attached hydrogens (tertiary/aromatic N) is 2. The average Bonchev–Trinajstić information content (AvgIpc) is 2.14. The molecule has 15 heavy (non-hydrogen) atoms. The molecule has 0 saturated carbocycles. The zero-order valence-corrected chi connectivity index (χ0v) is 7.82. The van der Waals surface area contributed by atoms with Gasteiger partial charge in [0.25, 0.3) is 0 Å². The van der Waals surface area contributed by atoms with Gasteiger partial charge < -0.3 is 0 Å². The lowest BCUT2D eigenvalue weighted by molar-refractivity contribution is -0.138. The van der Waals surface area contributed by atoms with Crippen LogP contribution in [0.3, 0.4) is 0 Å². The molecule has 0 saturated heterocycles. The molecule has 1 aromatic rings. The highest BCUT2D eigenvalue weighted by Crippen LogP contribution is 2.35. The maximum absolute atomic E-state index is 12.5. The third kappa shape index (κ3) is 2.20. The first-order chi connectivity index (χ1) is 6.90. The Morgan fingerprint density at radius 1 is 1.07 bits per heavy atom. The summed E-state index contributed by atoms with van der Waals surface area (Å²) in [4.78, 5) is 0. The van der Waals surface area contributed by atoms with Gasteiger partial charge in [-0.2, -0.15) is 23.7 Å². The number of alkyl halides is 3. The van der Waals surface area contributed by atoms with E-state index in [1.54, 1.807) is 0 Å². The molecule has 6 heteroatoms. The Hall–Kier alpha value is -1.72. The van der Waals surface area contributed by atoms with E-state index in [0.29, 0.717) is 0 Å². The van der Waals surface area contributed by atoms with E-state index >= 15 is 0 Å². The van der Waals surface area contributed by atoms with Crippen molar-refractivity contribution in [3.63, 3.8) is 0 Å². The SMILES string of the molecule is N#Cc1cc(Cl)cc(C#N)c1C(F)(F)F. The normalized spacial score (nSPS) is 10.5. The first-order valence-electron chi connectivity index (χ1n) is 3.61. The molecular formula is C9H2ClF3N2. The molecule has 0 aliphatic rings. The zero-order chi connectivity index (χ0) is 11.6. The van der Waals surface area contributed by atoms with Crippen molar-refractivity contribution in [1.82, 2.24) is 0 Å². The molecule has 76 valence electrons. The van der Waals surface area contributed by atoms with Gasteiger partial charge in [0, 0.05) is 5.02 Å². The third-order valence-electron chi connectivity index (χ3n) is 1.63. The van der Waals surface area contributed by atoms with Crippen LogP contribution >= 0.6 is 11.6 Å². The van der Waals surface area contributed by atoms with Crippen LogP contribution in [0.5, 0.6) is 0 Å². The molecule has 0 amide bonds. The Balaban J connectivity index is 3.63. The van der Waals surface area contributed by atoms with Gasteiger partial charge in [-0.1, -0.05) is 11.6 Å². The van der Waals surface area contributed by atoms with Gasteiger partial charge in [0.05, 0.1) is 28.8 Å². The fraction of sp³-hybridized carbons (Fsp3) is 0.111. The van der Waals surface area contributed by atoms with Crippen LogP contribution in [0.1, 0.15) is 16.7 Å². The van der Waals surface area contributed by atoms with Crippen LogP contribution in [-0.2, 0) is 6.18 Å². The maximum atomic E-state index is 12.5. The lowest BCUT2D eigenvalue weighted by Gasteiger charge is -2.10. The molecule has 0 aliphatic carbocycles. The molecule has 1 rings (SSSR count). The molecule has 0 bridgehead atoms. The Labute approximate surface area is 88.1 Å². The minimum Gasteiger partial charge on any atom is -0.192 e. The molecule has 0 N–H and O–H groups in total. The molecule has 0 aromatic heterocycles. The van der Waals surface area contributed by atoms with Crippen LogP contribution < -0.4 is 0 Å². The highest BCUT2D eigenvalue weighted by Gasteiger charge is 2.36.